The summed E-state index contributed by atoms with van der Waals surface area (Å²) in [7, 11) is 0. The van der Waals surface area contributed by atoms with Crippen molar-refractivity contribution < 1.29 is 4.79 Å². The lowest BCUT2D eigenvalue weighted by Gasteiger charge is -2.12. The third-order valence-corrected chi connectivity index (χ3v) is 2.54. The number of halogens is 1. The number of aromatic nitrogens is 1. The lowest BCUT2D eigenvalue weighted by atomic mass is 10.2. The highest BCUT2D eigenvalue weighted by Gasteiger charge is 2.10. The van der Waals surface area contributed by atoms with E-state index in [9.17, 15) is 4.79 Å². The van der Waals surface area contributed by atoms with Crippen molar-refractivity contribution in [2.75, 3.05) is 5.88 Å². The van der Waals surface area contributed by atoms with Crippen molar-refractivity contribution in [2.24, 2.45) is 0 Å². The topological polar surface area (TPSA) is 42.0 Å². The number of carbonyl (C=O) groups excluding carboxylic acids is 1. The normalized spacial score (nSPS) is 12.2. The fourth-order valence-corrected chi connectivity index (χ4v) is 1.58. The van der Waals surface area contributed by atoms with Crippen molar-refractivity contribution >= 4 is 17.5 Å². The molecule has 0 saturated heterocycles. The molecule has 0 radical (unpaired) electrons. The zero-order valence-corrected chi connectivity index (χ0v) is 10.4. The van der Waals surface area contributed by atoms with E-state index in [1.165, 1.54) is 0 Å². The Morgan fingerprint density at radius 2 is 2.31 bits per heavy atom. The van der Waals surface area contributed by atoms with E-state index in [-0.39, 0.29) is 11.9 Å². The van der Waals surface area contributed by atoms with E-state index in [1.807, 2.05) is 26.0 Å². The highest BCUT2D eigenvalue weighted by atomic mass is 35.5. The minimum atomic E-state index is -0.120. The van der Waals surface area contributed by atoms with E-state index in [2.05, 4.69) is 10.3 Å². The first-order chi connectivity index (χ1) is 7.63. The summed E-state index contributed by atoms with van der Waals surface area (Å²) in [6.45, 7) is 3.84. The standard InChI is InChI=1S/C12H17ClN2O/c1-9-5-3-7-11(14-9)12(16)15-10(2)6-4-8-13/h3,5,7,10H,4,6,8H2,1-2H3,(H,15,16). The predicted molar refractivity (Wildman–Crippen MR) is 65.9 cm³/mol. The van der Waals surface area contributed by atoms with Gasteiger partial charge in [0.05, 0.1) is 0 Å². The van der Waals surface area contributed by atoms with Gasteiger partial charge in [0.1, 0.15) is 5.69 Å². The number of rotatable bonds is 5. The van der Waals surface area contributed by atoms with Gasteiger partial charge in [-0.25, -0.2) is 4.98 Å². The van der Waals surface area contributed by atoms with Crippen LogP contribution < -0.4 is 5.32 Å². The van der Waals surface area contributed by atoms with Gasteiger partial charge in [-0.05, 0) is 38.8 Å². The molecule has 1 aromatic rings. The van der Waals surface area contributed by atoms with Gasteiger partial charge < -0.3 is 5.32 Å². The van der Waals surface area contributed by atoms with Gasteiger partial charge in [0, 0.05) is 17.6 Å². The molecule has 0 saturated carbocycles. The van der Waals surface area contributed by atoms with Crippen LogP contribution >= 0.6 is 11.6 Å². The van der Waals surface area contributed by atoms with Gasteiger partial charge in [-0.15, -0.1) is 11.6 Å². The van der Waals surface area contributed by atoms with Crippen LogP contribution in [0.25, 0.3) is 0 Å². The molecule has 1 atom stereocenters. The molecule has 1 rings (SSSR count). The number of alkyl halides is 1. The lowest BCUT2D eigenvalue weighted by Crippen LogP contribution is -2.33. The highest BCUT2D eigenvalue weighted by Crippen LogP contribution is 2.02. The number of carbonyl (C=O) groups is 1. The maximum Gasteiger partial charge on any atom is 0.270 e. The fraction of sp³-hybridized carbons (Fsp3) is 0.500. The quantitative estimate of drug-likeness (QED) is 0.804. The van der Waals surface area contributed by atoms with E-state index < -0.39 is 0 Å². The number of nitrogens with zero attached hydrogens (tertiary/aromatic N) is 1. The maximum atomic E-state index is 11.8. The Morgan fingerprint density at radius 1 is 1.56 bits per heavy atom. The number of pyridine rings is 1. The average Bonchev–Trinajstić information content (AvgIpc) is 2.26. The van der Waals surface area contributed by atoms with E-state index in [1.54, 1.807) is 6.07 Å². The summed E-state index contributed by atoms with van der Waals surface area (Å²) < 4.78 is 0. The second-order valence-electron chi connectivity index (χ2n) is 3.87. The van der Waals surface area contributed by atoms with Crippen LogP contribution in [0.1, 0.15) is 35.9 Å². The summed E-state index contributed by atoms with van der Waals surface area (Å²) in [5, 5.41) is 2.90. The summed E-state index contributed by atoms with van der Waals surface area (Å²) in [5.41, 5.74) is 1.32. The van der Waals surface area contributed by atoms with Gasteiger partial charge in [0.15, 0.2) is 0 Å². The largest absolute Gasteiger partial charge is 0.348 e. The first kappa shape index (κ1) is 13.0. The Balaban J connectivity index is 2.52. The average molecular weight is 241 g/mol. The van der Waals surface area contributed by atoms with Crippen LogP contribution in [0, 0.1) is 6.92 Å². The molecule has 3 nitrogen and oxygen atoms in total. The van der Waals surface area contributed by atoms with E-state index in [4.69, 9.17) is 11.6 Å². The highest BCUT2D eigenvalue weighted by molar-refractivity contribution is 6.17. The van der Waals surface area contributed by atoms with Crippen LogP contribution in [0.3, 0.4) is 0 Å². The first-order valence-electron chi connectivity index (χ1n) is 5.44. The molecular formula is C12H17ClN2O. The molecule has 0 aromatic carbocycles. The molecule has 0 aliphatic rings. The van der Waals surface area contributed by atoms with Gasteiger partial charge in [0.25, 0.3) is 5.91 Å². The number of hydrogen-bond donors (Lipinski definition) is 1. The Labute approximate surface area is 101 Å². The Hall–Kier alpha value is -1.09. The lowest BCUT2D eigenvalue weighted by molar-refractivity contribution is 0.0933. The number of nitrogens with one attached hydrogen (secondary N) is 1. The smallest absolute Gasteiger partial charge is 0.270 e. The van der Waals surface area contributed by atoms with Crippen molar-refractivity contribution in [3.8, 4) is 0 Å². The summed E-state index contributed by atoms with van der Waals surface area (Å²) in [6, 6.07) is 5.55. The number of hydrogen-bond acceptors (Lipinski definition) is 2. The van der Waals surface area contributed by atoms with Crippen LogP contribution in [-0.4, -0.2) is 22.8 Å². The molecule has 1 heterocycles. The molecule has 1 unspecified atom stereocenters. The molecule has 16 heavy (non-hydrogen) atoms. The molecule has 0 aliphatic carbocycles. The number of amides is 1. The third-order valence-electron chi connectivity index (χ3n) is 2.27. The Morgan fingerprint density at radius 3 is 2.94 bits per heavy atom. The van der Waals surface area contributed by atoms with E-state index in [0.717, 1.165) is 18.5 Å². The molecule has 1 aromatic heterocycles. The molecule has 0 spiro atoms. The maximum absolute atomic E-state index is 11.8. The first-order valence-corrected chi connectivity index (χ1v) is 5.97. The SMILES string of the molecule is Cc1cccc(C(=O)NC(C)CCCCl)n1. The number of aryl methyl sites for hydroxylation is 1. The molecular weight excluding hydrogens is 224 g/mol. The molecule has 1 N–H and O–H groups in total. The van der Waals surface area contributed by atoms with Crippen LogP contribution in [0.4, 0.5) is 0 Å². The Bertz CT molecular complexity index is 355. The summed E-state index contributed by atoms with van der Waals surface area (Å²) in [4.78, 5) is 15.9. The molecule has 1 amide bonds. The van der Waals surface area contributed by atoms with Gasteiger partial charge in [-0.1, -0.05) is 6.07 Å². The van der Waals surface area contributed by atoms with E-state index in [0.29, 0.717) is 11.6 Å². The monoisotopic (exact) mass is 240 g/mol. The summed E-state index contributed by atoms with van der Waals surface area (Å²) in [6.07, 6.45) is 1.80. The molecule has 4 heteroatoms. The van der Waals surface area contributed by atoms with E-state index >= 15 is 0 Å². The molecule has 0 aliphatic heterocycles. The van der Waals surface area contributed by atoms with Crippen LogP contribution in [0.15, 0.2) is 18.2 Å². The minimum absolute atomic E-state index is 0.120. The van der Waals surface area contributed by atoms with Crippen LogP contribution in [0.5, 0.6) is 0 Å². The molecule has 88 valence electrons. The second-order valence-corrected chi connectivity index (χ2v) is 4.25. The van der Waals surface area contributed by atoms with Gasteiger partial charge >= 0.3 is 0 Å². The van der Waals surface area contributed by atoms with Crippen molar-refractivity contribution in [1.29, 1.82) is 0 Å². The van der Waals surface area contributed by atoms with Crippen molar-refractivity contribution in [1.82, 2.24) is 10.3 Å². The fourth-order valence-electron chi connectivity index (χ4n) is 1.42. The molecule has 0 bridgehead atoms. The molecule has 0 fully saturated rings. The summed E-state index contributed by atoms with van der Waals surface area (Å²) in [5.74, 6) is 0.508. The Kier molecular flexibility index (Phi) is 5.26. The van der Waals surface area contributed by atoms with Crippen LogP contribution in [-0.2, 0) is 0 Å². The van der Waals surface area contributed by atoms with Crippen LogP contribution in [0.2, 0.25) is 0 Å². The second kappa shape index (κ2) is 6.48. The predicted octanol–water partition coefficient (Wildman–Crippen LogP) is 2.53. The van der Waals surface area contributed by atoms with Gasteiger partial charge in [0.2, 0.25) is 0 Å². The minimum Gasteiger partial charge on any atom is -0.348 e. The van der Waals surface area contributed by atoms with Gasteiger partial charge in [-0.2, -0.15) is 0 Å². The van der Waals surface area contributed by atoms with Crippen molar-refractivity contribution in [3.63, 3.8) is 0 Å². The zero-order chi connectivity index (χ0) is 12.0. The third kappa shape index (κ3) is 4.19. The van der Waals surface area contributed by atoms with Gasteiger partial charge in [-0.3, -0.25) is 4.79 Å². The zero-order valence-electron chi connectivity index (χ0n) is 9.66. The summed E-state index contributed by atoms with van der Waals surface area (Å²) >= 11 is 5.59. The van der Waals surface area contributed by atoms with Crippen molar-refractivity contribution in [2.45, 2.75) is 32.7 Å². The van der Waals surface area contributed by atoms with Crippen molar-refractivity contribution in [3.05, 3.63) is 29.6 Å².